The van der Waals surface area contributed by atoms with Crippen molar-refractivity contribution >= 4 is 5.91 Å². The van der Waals surface area contributed by atoms with Gasteiger partial charge in [0.05, 0.1) is 25.2 Å². The Labute approximate surface area is 108 Å². The van der Waals surface area contributed by atoms with Crippen LogP contribution in [0.3, 0.4) is 0 Å². The van der Waals surface area contributed by atoms with Crippen LogP contribution in [0.5, 0.6) is 5.75 Å². The van der Waals surface area contributed by atoms with Gasteiger partial charge < -0.3 is 9.64 Å². The van der Waals surface area contributed by atoms with Crippen molar-refractivity contribution < 1.29 is 9.53 Å². The molecule has 4 heteroatoms. The maximum absolute atomic E-state index is 12.4. The van der Waals surface area contributed by atoms with Crippen LogP contribution in [-0.4, -0.2) is 30.5 Å². The SMILES string of the molecule is COc1ccccc1C(=O)N(CCC#N)C(C)C. The first-order valence-corrected chi connectivity index (χ1v) is 5.92. The number of hydrogen-bond donors (Lipinski definition) is 0. The van der Waals surface area contributed by atoms with Crippen LogP contribution in [0.4, 0.5) is 0 Å². The number of hydrogen-bond acceptors (Lipinski definition) is 3. The van der Waals surface area contributed by atoms with Crippen LogP contribution in [0.1, 0.15) is 30.6 Å². The Balaban J connectivity index is 2.99. The molecule has 96 valence electrons. The highest BCUT2D eigenvalue weighted by atomic mass is 16.5. The molecule has 1 amide bonds. The van der Waals surface area contributed by atoms with Crippen molar-refractivity contribution in [2.45, 2.75) is 26.3 Å². The highest BCUT2D eigenvalue weighted by Crippen LogP contribution is 2.20. The summed E-state index contributed by atoms with van der Waals surface area (Å²) in [6, 6.07) is 9.24. The quantitative estimate of drug-likeness (QED) is 0.802. The summed E-state index contributed by atoms with van der Waals surface area (Å²) < 4.78 is 5.19. The maximum Gasteiger partial charge on any atom is 0.257 e. The molecule has 0 aromatic heterocycles. The van der Waals surface area contributed by atoms with Gasteiger partial charge in [-0.15, -0.1) is 0 Å². The Hall–Kier alpha value is -2.02. The van der Waals surface area contributed by atoms with Crippen molar-refractivity contribution in [3.05, 3.63) is 29.8 Å². The summed E-state index contributed by atoms with van der Waals surface area (Å²) in [6.07, 6.45) is 0.332. The zero-order valence-electron chi connectivity index (χ0n) is 11.0. The van der Waals surface area contributed by atoms with Gasteiger partial charge in [0.25, 0.3) is 5.91 Å². The largest absolute Gasteiger partial charge is 0.496 e. The molecule has 1 aromatic rings. The number of nitrogens with zero attached hydrogens (tertiary/aromatic N) is 2. The van der Waals surface area contributed by atoms with Crippen LogP contribution in [0.15, 0.2) is 24.3 Å². The predicted octanol–water partition coefficient (Wildman–Crippen LogP) is 2.46. The minimum absolute atomic E-state index is 0.0516. The molecule has 0 heterocycles. The third-order valence-electron chi connectivity index (χ3n) is 2.69. The van der Waals surface area contributed by atoms with E-state index in [-0.39, 0.29) is 11.9 Å². The number of ether oxygens (including phenoxy) is 1. The molecule has 0 aliphatic heterocycles. The molecule has 0 spiro atoms. The van der Waals surface area contributed by atoms with Crippen molar-refractivity contribution in [2.75, 3.05) is 13.7 Å². The molecule has 1 aromatic carbocycles. The number of rotatable bonds is 5. The van der Waals surface area contributed by atoms with Gasteiger partial charge in [0.15, 0.2) is 0 Å². The summed E-state index contributed by atoms with van der Waals surface area (Å²) in [5, 5.41) is 8.64. The summed E-state index contributed by atoms with van der Waals surface area (Å²) in [6.45, 7) is 4.31. The first kappa shape index (κ1) is 14.0. The summed E-state index contributed by atoms with van der Waals surface area (Å²) in [4.78, 5) is 14.1. The van der Waals surface area contributed by atoms with Crippen LogP contribution in [0, 0.1) is 11.3 Å². The van der Waals surface area contributed by atoms with E-state index < -0.39 is 0 Å². The van der Waals surface area contributed by atoms with E-state index in [2.05, 4.69) is 6.07 Å². The molecule has 0 saturated heterocycles. The average Bonchev–Trinajstić information content (AvgIpc) is 2.38. The van der Waals surface area contributed by atoms with Crippen LogP contribution < -0.4 is 4.74 Å². The smallest absolute Gasteiger partial charge is 0.257 e. The molecule has 0 N–H and O–H groups in total. The van der Waals surface area contributed by atoms with Crippen molar-refractivity contribution in [2.24, 2.45) is 0 Å². The Bertz CT molecular complexity index is 449. The van der Waals surface area contributed by atoms with E-state index in [1.54, 1.807) is 30.2 Å². The standard InChI is InChI=1S/C14H18N2O2/c1-11(2)16(10-6-9-15)14(17)12-7-4-5-8-13(12)18-3/h4-5,7-8,11H,6,10H2,1-3H3. The second-order valence-corrected chi connectivity index (χ2v) is 4.20. The Morgan fingerprint density at radius 1 is 1.44 bits per heavy atom. The lowest BCUT2D eigenvalue weighted by atomic mass is 10.1. The molecule has 0 unspecified atom stereocenters. The number of benzene rings is 1. The van der Waals surface area contributed by atoms with Gasteiger partial charge in [-0.3, -0.25) is 4.79 Å². The minimum atomic E-state index is -0.0994. The summed E-state index contributed by atoms with van der Waals surface area (Å²) in [5.41, 5.74) is 0.534. The van der Waals surface area contributed by atoms with Gasteiger partial charge in [0, 0.05) is 12.6 Å². The maximum atomic E-state index is 12.4. The van der Waals surface area contributed by atoms with E-state index in [9.17, 15) is 4.79 Å². The summed E-state index contributed by atoms with van der Waals surface area (Å²) in [5.74, 6) is 0.461. The molecule has 0 saturated carbocycles. The van der Waals surface area contributed by atoms with E-state index in [1.807, 2.05) is 19.9 Å². The van der Waals surface area contributed by atoms with E-state index in [1.165, 1.54) is 0 Å². The lowest BCUT2D eigenvalue weighted by Crippen LogP contribution is -2.37. The fraction of sp³-hybridized carbons (Fsp3) is 0.429. The van der Waals surface area contributed by atoms with Crippen LogP contribution >= 0.6 is 0 Å². The molecule has 0 bridgehead atoms. The predicted molar refractivity (Wildman–Crippen MR) is 69.4 cm³/mol. The zero-order valence-corrected chi connectivity index (χ0v) is 11.0. The van der Waals surface area contributed by atoms with E-state index in [4.69, 9.17) is 10.00 Å². The lowest BCUT2D eigenvalue weighted by Gasteiger charge is -2.26. The Kier molecular flexibility index (Phi) is 5.19. The topological polar surface area (TPSA) is 53.3 Å². The van der Waals surface area contributed by atoms with Crippen LogP contribution in [0.25, 0.3) is 0 Å². The number of nitriles is 1. The molecule has 18 heavy (non-hydrogen) atoms. The fourth-order valence-electron chi connectivity index (χ4n) is 1.74. The number of methoxy groups -OCH3 is 1. The normalized spacial score (nSPS) is 9.94. The summed E-state index contributed by atoms with van der Waals surface area (Å²) in [7, 11) is 1.54. The molecule has 0 aliphatic rings. The highest BCUT2D eigenvalue weighted by molar-refractivity contribution is 5.97. The van der Waals surface area contributed by atoms with E-state index >= 15 is 0 Å². The zero-order chi connectivity index (χ0) is 13.5. The van der Waals surface area contributed by atoms with Crippen molar-refractivity contribution in [1.29, 1.82) is 5.26 Å². The number of carbonyl (C=O) groups is 1. The number of amides is 1. The minimum Gasteiger partial charge on any atom is -0.496 e. The van der Waals surface area contributed by atoms with Crippen molar-refractivity contribution in [1.82, 2.24) is 4.90 Å². The monoisotopic (exact) mass is 246 g/mol. The fourth-order valence-corrected chi connectivity index (χ4v) is 1.74. The van der Waals surface area contributed by atoms with Gasteiger partial charge in [0.1, 0.15) is 5.75 Å². The average molecular weight is 246 g/mol. The van der Waals surface area contributed by atoms with Crippen LogP contribution in [0.2, 0.25) is 0 Å². The number of para-hydroxylation sites is 1. The van der Waals surface area contributed by atoms with Gasteiger partial charge in [0.2, 0.25) is 0 Å². The summed E-state index contributed by atoms with van der Waals surface area (Å²) >= 11 is 0. The third kappa shape index (κ3) is 3.24. The van der Waals surface area contributed by atoms with Gasteiger partial charge in [-0.05, 0) is 26.0 Å². The number of carbonyl (C=O) groups excluding carboxylic acids is 1. The second kappa shape index (κ2) is 6.65. The van der Waals surface area contributed by atoms with Crippen LogP contribution in [-0.2, 0) is 0 Å². The van der Waals surface area contributed by atoms with Crippen molar-refractivity contribution in [3.8, 4) is 11.8 Å². The van der Waals surface area contributed by atoms with E-state index in [0.29, 0.717) is 24.3 Å². The lowest BCUT2D eigenvalue weighted by molar-refractivity contribution is 0.0707. The van der Waals surface area contributed by atoms with Crippen molar-refractivity contribution in [3.63, 3.8) is 0 Å². The molecule has 0 fully saturated rings. The molecular formula is C14H18N2O2. The van der Waals surface area contributed by atoms with Gasteiger partial charge >= 0.3 is 0 Å². The molecule has 0 atom stereocenters. The Morgan fingerprint density at radius 3 is 2.67 bits per heavy atom. The van der Waals surface area contributed by atoms with Gasteiger partial charge in [-0.1, -0.05) is 12.1 Å². The molecular weight excluding hydrogens is 228 g/mol. The Morgan fingerprint density at radius 2 is 2.11 bits per heavy atom. The first-order valence-electron chi connectivity index (χ1n) is 5.92. The molecule has 0 aliphatic carbocycles. The van der Waals surface area contributed by atoms with Gasteiger partial charge in [-0.2, -0.15) is 5.26 Å². The molecule has 4 nitrogen and oxygen atoms in total. The second-order valence-electron chi connectivity index (χ2n) is 4.20. The third-order valence-corrected chi connectivity index (χ3v) is 2.69. The highest BCUT2D eigenvalue weighted by Gasteiger charge is 2.21. The van der Waals surface area contributed by atoms with E-state index in [0.717, 1.165) is 0 Å². The van der Waals surface area contributed by atoms with Gasteiger partial charge in [-0.25, -0.2) is 0 Å². The molecule has 1 rings (SSSR count). The first-order chi connectivity index (χ1) is 8.61. The molecule has 0 radical (unpaired) electrons.